The molecule has 4 nitrogen and oxygen atoms in total. The fourth-order valence-corrected chi connectivity index (χ4v) is 2.02. The zero-order valence-electron chi connectivity index (χ0n) is 11.8. The van der Waals surface area contributed by atoms with Crippen molar-refractivity contribution in [2.45, 2.75) is 33.7 Å². The first-order chi connectivity index (χ1) is 9.22. The highest BCUT2D eigenvalue weighted by Gasteiger charge is 2.09. The second-order valence-corrected chi connectivity index (χ2v) is 4.61. The van der Waals surface area contributed by atoms with E-state index in [1.807, 2.05) is 26.0 Å². The average Bonchev–Trinajstić information content (AvgIpc) is 2.43. The molecular formula is C15H20N4. The van der Waals surface area contributed by atoms with Crippen molar-refractivity contribution in [1.29, 1.82) is 0 Å². The summed E-state index contributed by atoms with van der Waals surface area (Å²) in [5.41, 5.74) is 4.30. The van der Waals surface area contributed by atoms with E-state index in [-0.39, 0.29) is 0 Å². The van der Waals surface area contributed by atoms with Crippen molar-refractivity contribution in [2.75, 3.05) is 6.54 Å². The number of rotatable bonds is 5. The second kappa shape index (κ2) is 6.38. The maximum absolute atomic E-state index is 4.60. The van der Waals surface area contributed by atoms with Crippen LogP contribution in [0, 0.1) is 13.8 Å². The molecule has 0 aliphatic heterocycles. The topological polar surface area (TPSA) is 50.7 Å². The molecule has 19 heavy (non-hydrogen) atoms. The van der Waals surface area contributed by atoms with Crippen LogP contribution in [0.15, 0.2) is 24.5 Å². The normalized spacial score (nSPS) is 10.7. The van der Waals surface area contributed by atoms with Crippen LogP contribution >= 0.6 is 0 Å². The van der Waals surface area contributed by atoms with Crippen LogP contribution in [0.25, 0.3) is 11.4 Å². The third kappa shape index (κ3) is 3.35. The van der Waals surface area contributed by atoms with E-state index < -0.39 is 0 Å². The van der Waals surface area contributed by atoms with Gasteiger partial charge in [-0.2, -0.15) is 0 Å². The van der Waals surface area contributed by atoms with Crippen LogP contribution in [-0.2, 0) is 6.54 Å². The lowest BCUT2D eigenvalue weighted by molar-refractivity contribution is 0.665. The molecule has 0 aliphatic carbocycles. The lowest BCUT2D eigenvalue weighted by atomic mass is 10.1. The Bertz CT molecular complexity index is 514. The minimum absolute atomic E-state index is 0.775. The SMILES string of the molecule is CCCNCc1c(C)nc(-c2ccncc2)nc1C. The molecule has 2 heterocycles. The summed E-state index contributed by atoms with van der Waals surface area (Å²) in [6.07, 6.45) is 4.66. The summed E-state index contributed by atoms with van der Waals surface area (Å²) in [4.78, 5) is 13.2. The van der Waals surface area contributed by atoms with Gasteiger partial charge < -0.3 is 5.32 Å². The molecule has 0 amide bonds. The Morgan fingerprint density at radius 2 is 1.68 bits per heavy atom. The molecule has 0 aliphatic rings. The molecule has 0 atom stereocenters. The van der Waals surface area contributed by atoms with E-state index in [9.17, 15) is 0 Å². The van der Waals surface area contributed by atoms with Gasteiger partial charge in [0.2, 0.25) is 0 Å². The van der Waals surface area contributed by atoms with Crippen LogP contribution in [0.4, 0.5) is 0 Å². The summed E-state index contributed by atoms with van der Waals surface area (Å²) in [7, 11) is 0. The first-order valence-corrected chi connectivity index (χ1v) is 6.67. The molecule has 1 N–H and O–H groups in total. The van der Waals surface area contributed by atoms with Crippen molar-refractivity contribution in [3.63, 3.8) is 0 Å². The summed E-state index contributed by atoms with van der Waals surface area (Å²) < 4.78 is 0. The van der Waals surface area contributed by atoms with Gasteiger partial charge in [-0.1, -0.05) is 6.92 Å². The standard InChI is InChI=1S/C15H20N4/c1-4-7-17-10-14-11(2)18-15(19-12(14)3)13-5-8-16-9-6-13/h5-6,8-9,17H,4,7,10H2,1-3H3. The zero-order chi connectivity index (χ0) is 13.7. The van der Waals surface area contributed by atoms with E-state index in [1.165, 1.54) is 5.56 Å². The highest BCUT2D eigenvalue weighted by molar-refractivity contribution is 5.54. The molecule has 0 saturated heterocycles. The molecule has 0 saturated carbocycles. The molecule has 0 bridgehead atoms. The molecular weight excluding hydrogens is 236 g/mol. The minimum atomic E-state index is 0.775. The van der Waals surface area contributed by atoms with E-state index >= 15 is 0 Å². The zero-order valence-corrected chi connectivity index (χ0v) is 11.8. The van der Waals surface area contributed by atoms with Gasteiger partial charge in [0.15, 0.2) is 5.82 Å². The molecule has 2 aromatic rings. The Hall–Kier alpha value is -1.81. The molecule has 4 heteroatoms. The number of nitrogens with one attached hydrogen (secondary N) is 1. The van der Waals surface area contributed by atoms with Gasteiger partial charge in [0, 0.05) is 41.5 Å². The van der Waals surface area contributed by atoms with Crippen molar-refractivity contribution < 1.29 is 0 Å². The molecule has 0 fully saturated rings. The fraction of sp³-hybridized carbons (Fsp3) is 0.400. The Kier molecular flexibility index (Phi) is 4.58. The van der Waals surface area contributed by atoms with E-state index in [1.54, 1.807) is 12.4 Å². The van der Waals surface area contributed by atoms with E-state index in [4.69, 9.17) is 0 Å². The van der Waals surface area contributed by atoms with E-state index in [2.05, 4.69) is 27.2 Å². The van der Waals surface area contributed by atoms with E-state index in [0.29, 0.717) is 0 Å². The van der Waals surface area contributed by atoms with Crippen LogP contribution < -0.4 is 5.32 Å². The third-order valence-electron chi connectivity index (χ3n) is 3.09. The van der Waals surface area contributed by atoms with Crippen molar-refractivity contribution >= 4 is 0 Å². The number of nitrogens with zero attached hydrogens (tertiary/aromatic N) is 3. The molecule has 0 radical (unpaired) electrons. The van der Waals surface area contributed by atoms with Crippen LogP contribution in [0.3, 0.4) is 0 Å². The van der Waals surface area contributed by atoms with Crippen LogP contribution in [0.5, 0.6) is 0 Å². The summed E-state index contributed by atoms with van der Waals surface area (Å²) in [5.74, 6) is 0.775. The van der Waals surface area contributed by atoms with Crippen molar-refractivity contribution in [2.24, 2.45) is 0 Å². The highest BCUT2D eigenvalue weighted by atomic mass is 14.9. The fourth-order valence-electron chi connectivity index (χ4n) is 2.02. The van der Waals surface area contributed by atoms with Crippen LogP contribution in [0.1, 0.15) is 30.3 Å². The number of hydrogen-bond donors (Lipinski definition) is 1. The Balaban J connectivity index is 2.26. The molecule has 0 spiro atoms. The Morgan fingerprint density at radius 3 is 2.26 bits per heavy atom. The van der Waals surface area contributed by atoms with Gasteiger partial charge in [-0.05, 0) is 38.9 Å². The molecule has 2 rings (SSSR count). The maximum atomic E-state index is 4.60. The van der Waals surface area contributed by atoms with Crippen molar-refractivity contribution in [3.05, 3.63) is 41.5 Å². The summed E-state index contributed by atoms with van der Waals surface area (Å²) in [6.45, 7) is 8.10. The van der Waals surface area contributed by atoms with Gasteiger partial charge in [-0.15, -0.1) is 0 Å². The lowest BCUT2D eigenvalue weighted by Gasteiger charge is -2.11. The second-order valence-electron chi connectivity index (χ2n) is 4.61. The molecule has 2 aromatic heterocycles. The van der Waals surface area contributed by atoms with Crippen molar-refractivity contribution in [3.8, 4) is 11.4 Å². The number of pyridine rings is 1. The quantitative estimate of drug-likeness (QED) is 0.836. The van der Waals surface area contributed by atoms with Crippen LogP contribution in [-0.4, -0.2) is 21.5 Å². The van der Waals surface area contributed by atoms with Crippen molar-refractivity contribution in [1.82, 2.24) is 20.3 Å². The van der Waals surface area contributed by atoms with Crippen LogP contribution in [0.2, 0.25) is 0 Å². The van der Waals surface area contributed by atoms with Gasteiger partial charge in [0.1, 0.15) is 0 Å². The molecule has 100 valence electrons. The average molecular weight is 256 g/mol. The Morgan fingerprint density at radius 1 is 1.05 bits per heavy atom. The first-order valence-electron chi connectivity index (χ1n) is 6.67. The lowest BCUT2D eigenvalue weighted by Crippen LogP contribution is -2.17. The number of hydrogen-bond acceptors (Lipinski definition) is 4. The van der Waals surface area contributed by atoms with Gasteiger partial charge >= 0.3 is 0 Å². The predicted molar refractivity (Wildman–Crippen MR) is 76.7 cm³/mol. The van der Waals surface area contributed by atoms with Gasteiger partial charge in [0.25, 0.3) is 0 Å². The minimum Gasteiger partial charge on any atom is -0.313 e. The Labute approximate surface area is 114 Å². The largest absolute Gasteiger partial charge is 0.313 e. The molecule has 0 unspecified atom stereocenters. The third-order valence-corrected chi connectivity index (χ3v) is 3.09. The van der Waals surface area contributed by atoms with Gasteiger partial charge in [-0.3, -0.25) is 4.98 Å². The molecule has 0 aromatic carbocycles. The van der Waals surface area contributed by atoms with Gasteiger partial charge in [0.05, 0.1) is 0 Å². The number of aromatic nitrogens is 3. The monoisotopic (exact) mass is 256 g/mol. The first kappa shape index (κ1) is 13.6. The highest BCUT2D eigenvalue weighted by Crippen LogP contribution is 2.17. The maximum Gasteiger partial charge on any atom is 0.159 e. The van der Waals surface area contributed by atoms with Gasteiger partial charge in [-0.25, -0.2) is 9.97 Å². The summed E-state index contributed by atoms with van der Waals surface area (Å²) >= 11 is 0. The van der Waals surface area contributed by atoms with E-state index in [0.717, 1.165) is 42.3 Å². The summed E-state index contributed by atoms with van der Waals surface area (Å²) in [6, 6.07) is 3.87. The summed E-state index contributed by atoms with van der Waals surface area (Å²) in [5, 5.41) is 3.40. The predicted octanol–water partition coefficient (Wildman–Crippen LogP) is 2.66. The number of aryl methyl sites for hydroxylation is 2. The smallest absolute Gasteiger partial charge is 0.159 e.